The van der Waals surface area contributed by atoms with Crippen LogP contribution in [0.15, 0.2) is 60.0 Å². The van der Waals surface area contributed by atoms with Crippen LogP contribution in [0.5, 0.6) is 0 Å². The number of nitrogens with zero attached hydrogens (tertiary/aromatic N) is 2. The molecule has 3 aromatic rings. The maximum Gasteiger partial charge on any atom is 0.254 e. The van der Waals surface area contributed by atoms with Crippen molar-refractivity contribution in [3.8, 4) is 0 Å². The molecule has 1 saturated carbocycles. The van der Waals surface area contributed by atoms with Crippen LogP contribution in [-0.4, -0.2) is 40.7 Å². The maximum absolute atomic E-state index is 13.7. The lowest BCUT2D eigenvalue weighted by Gasteiger charge is -2.37. The molecule has 0 saturated heterocycles. The van der Waals surface area contributed by atoms with E-state index in [9.17, 15) is 9.59 Å². The highest BCUT2D eigenvalue weighted by atomic mass is 32.1. The molecular weight excluding hydrogens is 428 g/mol. The highest BCUT2D eigenvalue weighted by molar-refractivity contribution is 7.10. The molecule has 1 fully saturated rings. The highest BCUT2D eigenvalue weighted by Crippen LogP contribution is 2.38. The number of hydrogen-bond acceptors (Lipinski definition) is 3. The van der Waals surface area contributed by atoms with Crippen LogP contribution < -0.4 is 0 Å². The largest absolute Gasteiger partial charge is 0.330 e. The fourth-order valence-electron chi connectivity index (χ4n) is 4.73. The average Bonchev–Trinajstić information content (AvgIpc) is 3.57. The first-order chi connectivity index (χ1) is 16.0. The Morgan fingerprint density at radius 3 is 2.42 bits per heavy atom. The van der Waals surface area contributed by atoms with Crippen LogP contribution in [-0.2, 0) is 17.6 Å². The summed E-state index contributed by atoms with van der Waals surface area (Å²) in [5.41, 5.74) is 5.44. The van der Waals surface area contributed by atoms with Crippen molar-refractivity contribution in [2.75, 3.05) is 13.1 Å². The smallest absolute Gasteiger partial charge is 0.254 e. The third-order valence-corrected chi connectivity index (χ3v) is 7.84. The minimum Gasteiger partial charge on any atom is -0.330 e. The quantitative estimate of drug-likeness (QED) is 0.496. The number of carbonyl (C=O) groups is 2. The third-order valence-electron chi connectivity index (χ3n) is 6.84. The van der Waals surface area contributed by atoms with Crippen molar-refractivity contribution < 1.29 is 9.59 Å². The van der Waals surface area contributed by atoms with E-state index >= 15 is 0 Å². The first kappa shape index (κ1) is 21.9. The Kier molecular flexibility index (Phi) is 6.07. The summed E-state index contributed by atoms with van der Waals surface area (Å²) in [6.45, 7) is 5.01. The molecule has 1 atom stereocenters. The maximum atomic E-state index is 13.7. The van der Waals surface area contributed by atoms with Gasteiger partial charge in [0.15, 0.2) is 0 Å². The van der Waals surface area contributed by atoms with Crippen LogP contribution in [0.3, 0.4) is 0 Å². The molecule has 2 aromatic carbocycles. The molecule has 2 amide bonds. The Balaban J connectivity index is 1.40. The summed E-state index contributed by atoms with van der Waals surface area (Å²) in [7, 11) is 0. The van der Waals surface area contributed by atoms with E-state index in [0.29, 0.717) is 12.1 Å². The first-order valence-corrected chi connectivity index (χ1v) is 12.8. The monoisotopic (exact) mass is 458 g/mol. The van der Waals surface area contributed by atoms with E-state index in [1.807, 2.05) is 29.2 Å². The van der Waals surface area contributed by atoms with Gasteiger partial charge in [0.25, 0.3) is 5.91 Å². The Morgan fingerprint density at radius 1 is 1.03 bits per heavy atom. The summed E-state index contributed by atoms with van der Waals surface area (Å²) in [6, 6.07) is 18.5. The Hall–Kier alpha value is -2.92. The van der Waals surface area contributed by atoms with Crippen LogP contribution in [0, 0.1) is 6.92 Å². The SMILES string of the molecule is CCc1ccc(C(=O)N(CC(=O)N2CCc3sccc3C2c2ccc(C)cc2)C2CC2)cc1. The minimum absolute atomic E-state index is 0.0304. The van der Waals surface area contributed by atoms with Crippen molar-refractivity contribution in [3.63, 3.8) is 0 Å². The fourth-order valence-corrected chi connectivity index (χ4v) is 5.64. The number of fused-ring (bicyclic) bond motifs is 1. The van der Waals surface area contributed by atoms with Gasteiger partial charge in [-0.25, -0.2) is 0 Å². The van der Waals surface area contributed by atoms with Crippen molar-refractivity contribution in [1.82, 2.24) is 9.80 Å². The summed E-state index contributed by atoms with van der Waals surface area (Å²) < 4.78 is 0. The van der Waals surface area contributed by atoms with Crippen molar-refractivity contribution in [3.05, 3.63) is 92.7 Å². The number of hydrogen-bond donors (Lipinski definition) is 0. The van der Waals surface area contributed by atoms with E-state index in [1.165, 1.54) is 21.6 Å². The van der Waals surface area contributed by atoms with Crippen LogP contribution in [0.25, 0.3) is 0 Å². The first-order valence-electron chi connectivity index (χ1n) is 11.9. The summed E-state index contributed by atoms with van der Waals surface area (Å²) in [5, 5.41) is 2.12. The topological polar surface area (TPSA) is 40.6 Å². The summed E-state index contributed by atoms with van der Waals surface area (Å²) >= 11 is 1.77. The van der Waals surface area contributed by atoms with E-state index in [4.69, 9.17) is 0 Å². The minimum atomic E-state index is -0.0897. The Labute approximate surface area is 199 Å². The lowest BCUT2D eigenvalue weighted by Crippen LogP contribution is -2.47. The summed E-state index contributed by atoms with van der Waals surface area (Å²) in [5.74, 6) is -0.00326. The molecule has 1 aliphatic carbocycles. The second-order valence-electron chi connectivity index (χ2n) is 9.16. The predicted octanol–water partition coefficient (Wildman–Crippen LogP) is 5.40. The van der Waals surface area contributed by atoms with Gasteiger partial charge in [-0.15, -0.1) is 11.3 Å². The molecule has 0 bridgehead atoms. The van der Waals surface area contributed by atoms with Gasteiger partial charge in [0.2, 0.25) is 5.91 Å². The van der Waals surface area contributed by atoms with E-state index < -0.39 is 0 Å². The normalized spacial score (nSPS) is 17.5. The van der Waals surface area contributed by atoms with E-state index in [-0.39, 0.29) is 30.4 Å². The molecule has 4 nitrogen and oxygen atoms in total. The van der Waals surface area contributed by atoms with E-state index in [2.05, 4.69) is 49.6 Å². The van der Waals surface area contributed by atoms with Gasteiger partial charge in [0, 0.05) is 23.0 Å². The zero-order valence-electron chi connectivity index (χ0n) is 19.3. The third kappa shape index (κ3) is 4.47. The lowest BCUT2D eigenvalue weighted by atomic mass is 9.92. The number of amides is 2. The van der Waals surface area contributed by atoms with Gasteiger partial charge < -0.3 is 9.80 Å². The molecule has 170 valence electrons. The number of carbonyl (C=O) groups excluding carboxylic acids is 2. The standard InChI is InChI=1S/C28H30N2O2S/c1-3-20-6-10-22(11-7-20)28(32)30(23-12-13-23)18-26(31)29-16-14-25-24(15-17-33-25)27(29)21-8-4-19(2)5-9-21/h4-11,15,17,23,27H,3,12-14,16,18H2,1-2H3. The summed E-state index contributed by atoms with van der Waals surface area (Å²) in [6.07, 6.45) is 3.76. The van der Waals surface area contributed by atoms with Crippen molar-refractivity contribution in [2.45, 2.75) is 51.6 Å². The average molecular weight is 459 g/mol. The molecule has 1 aromatic heterocycles. The Morgan fingerprint density at radius 2 is 1.76 bits per heavy atom. The fraction of sp³-hybridized carbons (Fsp3) is 0.357. The number of aryl methyl sites for hydroxylation is 2. The molecule has 0 spiro atoms. The second-order valence-corrected chi connectivity index (χ2v) is 10.2. The molecule has 5 heteroatoms. The molecule has 5 rings (SSSR count). The van der Waals surface area contributed by atoms with E-state index in [0.717, 1.165) is 31.2 Å². The summed E-state index contributed by atoms with van der Waals surface area (Å²) in [4.78, 5) is 32.2. The number of thiophene rings is 1. The second kappa shape index (κ2) is 9.14. The van der Waals surface area contributed by atoms with Gasteiger partial charge >= 0.3 is 0 Å². The molecule has 2 heterocycles. The number of benzene rings is 2. The zero-order chi connectivity index (χ0) is 22.9. The predicted molar refractivity (Wildman–Crippen MR) is 133 cm³/mol. The molecule has 1 aliphatic heterocycles. The molecule has 0 radical (unpaired) electrons. The molecular formula is C28H30N2O2S. The van der Waals surface area contributed by atoms with Gasteiger partial charge in [-0.3, -0.25) is 9.59 Å². The molecule has 33 heavy (non-hydrogen) atoms. The zero-order valence-corrected chi connectivity index (χ0v) is 20.1. The van der Waals surface area contributed by atoms with Gasteiger partial charge in [-0.05, 0) is 72.9 Å². The van der Waals surface area contributed by atoms with Crippen LogP contribution in [0.4, 0.5) is 0 Å². The highest BCUT2D eigenvalue weighted by Gasteiger charge is 2.38. The Bertz CT molecular complexity index is 1150. The van der Waals surface area contributed by atoms with Crippen LogP contribution in [0.1, 0.15) is 63.3 Å². The molecule has 0 N–H and O–H groups in total. The van der Waals surface area contributed by atoms with Gasteiger partial charge in [0.1, 0.15) is 6.54 Å². The van der Waals surface area contributed by atoms with Crippen molar-refractivity contribution in [2.24, 2.45) is 0 Å². The molecule has 1 unspecified atom stereocenters. The van der Waals surface area contributed by atoms with Gasteiger partial charge in [-0.1, -0.05) is 48.9 Å². The number of rotatable bonds is 6. The van der Waals surface area contributed by atoms with Crippen LogP contribution >= 0.6 is 11.3 Å². The molecule has 2 aliphatic rings. The van der Waals surface area contributed by atoms with E-state index in [1.54, 1.807) is 16.2 Å². The van der Waals surface area contributed by atoms with Crippen molar-refractivity contribution >= 4 is 23.2 Å². The van der Waals surface area contributed by atoms with Crippen LogP contribution in [0.2, 0.25) is 0 Å². The van der Waals surface area contributed by atoms with Gasteiger partial charge in [-0.2, -0.15) is 0 Å². The van der Waals surface area contributed by atoms with Crippen molar-refractivity contribution in [1.29, 1.82) is 0 Å². The lowest BCUT2D eigenvalue weighted by molar-refractivity contribution is -0.134. The van der Waals surface area contributed by atoms with Gasteiger partial charge in [0.05, 0.1) is 6.04 Å².